The van der Waals surface area contributed by atoms with Gasteiger partial charge < -0.3 is 5.32 Å². The highest BCUT2D eigenvalue weighted by atomic mass is 19.1. The molecule has 2 aromatic carbocycles. The van der Waals surface area contributed by atoms with Crippen LogP contribution in [0.3, 0.4) is 0 Å². The van der Waals surface area contributed by atoms with Crippen molar-refractivity contribution in [2.75, 3.05) is 5.32 Å². The molecule has 5 heteroatoms. The molecule has 0 saturated carbocycles. The van der Waals surface area contributed by atoms with Gasteiger partial charge in [0.05, 0.1) is 0 Å². The van der Waals surface area contributed by atoms with Gasteiger partial charge in [-0.25, -0.2) is 18.7 Å². The second-order valence-corrected chi connectivity index (χ2v) is 4.35. The molecule has 3 rings (SSSR count). The number of anilines is 1. The summed E-state index contributed by atoms with van der Waals surface area (Å²) in [6.07, 6.45) is 1.26. The van der Waals surface area contributed by atoms with Crippen LogP contribution in [-0.4, -0.2) is 9.97 Å². The molecule has 0 unspecified atom stereocenters. The lowest BCUT2D eigenvalue weighted by Gasteiger charge is -2.08. The van der Waals surface area contributed by atoms with Crippen LogP contribution in [0.2, 0.25) is 0 Å². The van der Waals surface area contributed by atoms with Crippen molar-refractivity contribution < 1.29 is 8.78 Å². The first kappa shape index (κ1) is 12.5. The molecule has 0 saturated heterocycles. The van der Waals surface area contributed by atoms with Crippen molar-refractivity contribution in [3.05, 3.63) is 66.0 Å². The van der Waals surface area contributed by atoms with Gasteiger partial charge in [0.25, 0.3) is 0 Å². The molecule has 0 atom stereocenters. The molecular weight excluding hydrogens is 260 g/mol. The highest BCUT2D eigenvalue weighted by Gasteiger charge is 2.09. The Bertz CT molecular complexity index is 745. The lowest BCUT2D eigenvalue weighted by atomic mass is 10.2. The summed E-state index contributed by atoms with van der Waals surface area (Å²) in [5.74, 6) is -0.921. The van der Waals surface area contributed by atoms with Crippen molar-refractivity contribution in [1.82, 2.24) is 9.97 Å². The van der Waals surface area contributed by atoms with Crippen molar-refractivity contribution >= 4 is 16.7 Å². The zero-order valence-corrected chi connectivity index (χ0v) is 10.5. The minimum atomic E-state index is -0.690. The van der Waals surface area contributed by atoms with Crippen LogP contribution in [0.25, 0.3) is 10.9 Å². The summed E-state index contributed by atoms with van der Waals surface area (Å²) >= 11 is 0. The number of hydrogen-bond donors (Lipinski definition) is 1. The Hall–Kier alpha value is -2.56. The van der Waals surface area contributed by atoms with Crippen molar-refractivity contribution in [1.29, 1.82) is 0 Å². The predicted molar refractivity (Wildman–Crippen MR) is 73.2 cm³/mol. The van der Waals surface area contributed by atoms with Gasteiger partial charge in [-0.2, -0.15) is 0 Å². The van der Waals surface area contributed by atoms with Crippen molar-refractivity contribution in [3.63, 3.8) is 0 Å². The van der Waals surface area contributed by atoms with Crippen LogP contribution >= 0.6 is 0 Å². The molecule has 0 bridgehead atoms. The molecular formula is C15H11F2N3. The van der Waals surface area contributed by atoms with E-state index in [4.69, 9.17) is 0 Å². The fourth-order valence-electron chi connectivity index (χ4n) is 2.01. The number of nitrogens with zero attached hydrogens (tertiary/aromatic N) is 2. The highest BCUT2D eigenvalue weighted by Crippen LogP contribution is 2.23. The van der Waals surface area contributed by atoms with E-state index >= 15 is 0 Å². The fraction of sp³-hybridized carbons (Fsp3) is 0.0667. The Balaban J connectivity index is 1.95. The van der Waals surface area contributed by atoms with Gasteiger partial charge in [0.15, 0.2) is 5.82 Å². The van der Waals surface area contributed by atoms with E-state index in [2.05, 4.69) is 15.3 Å². The highest BCUT2D eigenvalue weighted by molar-refractivity contribution is 5.89. The van der Waals surface area contributed by atoms with Crippen molar-refractivity contribution in [3.8, 4) is 0 Å². The summed E-state index contributed by atoms with van der Waals surface area (Å²) in [5, 5.41) is 3.41. The summed E-state index contributed by atoms with van der Waals surface area (Å²) in [7, 11) is 0. The van der Waals surface area contributed by atoms with Crippen LogP contribution in [0, 0.1) is 11.6 Å². The summed E-state index contributed by atoms with van der Waals surface area (Å²) in [4.78, 5) is 7.89. The molecule has 3 nitrogen and oxygen atoms in total. The lowest BCUT2D eigenvalue weighted by molar-refractivity contribution is 0.590. The van der Waals surface area contributed by atoms with Crippen LogP contribution < -0.4 is 5.32 Å². The van der Waals surface area contributed by atoms with Crippen LogP contribution in [0.5, 0.6) is 0 Å². The van der Waals surface area contributed by atoms with E-state index in [1.54, 1.807) is 0 Å². The van der Waals surface area contributed by atoms with Gasteiger partial charge in [0, 0.05) is 18.0 Å². The van der Waals surface area contributed by atoms with Gasteiger partial charge in [-0.15, -0.1) is 0 Å². The van der Waals surface area contributed by atoms with Gasteiger partial charge in [-0.1, -0.05) is 30.3 Å². The quantitative estimate of drug-likeness (QED) is 0.792. The minimum absolute atomic E-state index is 0.108. The van der Waals surface area contributed by atoms with E-state index in [0.717, 1.165) is 11.6 Å². The molecule has 0 aliphatic carbocycles. The fourth-order valence-corrected chi connectivity index (χ4v) is 2.01. The predicted octanol–water partition coefficient (Wildman–Crippen LogP) is 3.52. The third kappa shape index (κ3) is 2.42. The molecule has 100 valence electrons. The Labute approximate surface area is 114 Å². The van der Waals surface area contributed by atoms with Gasteiger partial charge >= 0.3 is 0 Å². The van der Waals surface area contributed by atoms with Crippen LogP contribution in [-0.2, 0) is 6.54 Å². The second kappa shape index (κ2) is 5.21. The normalized spacial score (nSPS) is 10.7. The number of nitrogens with one attached hydrogen (secondary N) is 1. The largest absolute Gasteiger partial charge is 0.365 e. The van der Waals surface area contributed by atoms with E-state index in [1.165, 1.54) is 12.4 Å². The second-order valence-electron chi connectivity index (χ2n) is 4.35. The summed E-state index contributed by atoms with van der Waals surface area (Å²) < 4.78 is 26.9. The maximum Gasteiger partial charge on any atom is 0.152 e. The zero-order chi connectivity index (χ0) is 13.9. The first-order valence-electron chi connectivity index (χ1n) is 6.11. The Morgan fingerprint density at radius 2 is 1.80 bits per heavy atom. The summed E-state index contributed by atoms with van der Waals surface area (Å²) in [6, 6.07) is 11.7. The summed E-state index contributed by atoms with van der Waals surface area (Å²) in [5.41, 5.74) is 1.16. The average molecular weight is 271 g/mol. The summed E-state index contributed by atoms with van der Waals surface area (Å²) in [6.45, 7) is 0.519. The van der Waals surface area contributed by atoms with Crippen LogP contribution in [0.15, 0.2) is 48.8 Å². The van der Waals surface area contributed by atoms with E-state index in [0.29, 0.717) is 17.7 Å². The van der Waals surface area contributed by atoms with E-state index in [1.807, 2.05) is 30.3 Å². The number of halogens is 2. The van der Waals surface area contributed by atoms with Crippen molar-refractivity contribution in [2.24, 2.45) is 0 Å². The average Bonchev–Trinajstić information content (AvgIpc) is 2.46. The van der Waals surface area contributed by atoms with E-state index in [-0.39, 0.29) is 5.52 Å². The van der Waals surface area contributed by atoms with Crippen LogP contribution in [0.1, 0.15) is 5.56 Å². The molecule has 0 aliphatic rings. The Kier molecular flexibility index (Phi) is 3.25. The standard InChI is InChI=1S/C15H11F2N3/c16-11-6-12-14(13(17)7-11)19-9-20-15(12)18-8-10-4-2-1-3-5-10/h1-7,9H,8H2,(H,18,19,20). The Morgan fingerprint density at radius 1 is 1.00 bits per heavy atom. The van der Waals surface area contributed by atoms with Gasteiger partial charge in [-0.05, 0) is 11.6 Å². The molecule has 0 radical (unpaired) electrons. The van der Waals surface area contributed by atoms with E-state index in [9.17, 15) is 8.78 Å². The number of hydrogen-bond acceptors (Lipinski definition) is 3. The van der Waals surface area contributed by atoms with Gasteiger partial charge in [0.2, 0.25) is 0 Å². The maximum absolute atomic E-state index is 13.6. The van der Waals surface area contributed by atoms with Gasteiger partial charge in [-0.3, -0.25) is 0 Å². The van der Waals surface area contributed by atoms with Gasteiger partial charge in [0.1, 0.15) is 23.5 Å². The monoisotopic (exact) mass is 271 g/mol. The smallest absolute Gasteiger partial charge is 0.152 e. The number of fused-ring (bicyclic) bond motifs is 1. The third-order valence-corrected chi connectivity index (χ3v) is 2.96. The van der Waals surface area contributed by atoms with E-state index < -0.39 is 11.6 Å². The first-order chi connectivity index (χ1) is 9.74. The molecule has 0 amide bonds. The molecule has 3 aromatic rings. The molecule has 0 fully saturated rings. The number of rotatable bonds is 3. The molecule has 1 aromatic heterocycles. The topological polar surface area (TPSA) is 37.8 Å². The first-order valence-corrected chi connectivity index (χ1v) is 6.11. The third-order valence-electron chi connectivity index (χ3n) is 2.96. The molecule has 0 aliphatic heterocycles. The molecule has 20 heavy (non-hydrogen) atoms. The lowest BCUT2D eigenvalue weighted by Crippen LogP contribution is -2.03. The molecule has 0 spiro atoms. The minimum Gasteiger partial charge on any atom is -0.365 e. The number of aromatic nitrogens is 2. The number of benzene rings is 2. The van der Waals surface area contributed by atoms with Crippen LogP contribution in [0.4, 0.5) is 14.6 Å². The SMILES string of the molecule is Fc1cc(F)c2ncnc(NCc3ccccc3)c2c1. The zero-order valence-electron chi connectivity index (χ0n) is 10.5. The van der Waals surface area contributed by atoms with Crippen molar-refractivity contribution in [2.45, 2.75) is 6.54 Å². The molecule has 1 heterocycles. The maximum atomic E-state index is 13.6. The molecule has 1 N–H and O–H groups in total. The Morgan fingerprint density at radius 3 is 2.60 bits per heavy atom.